The van der Waals surface area contributed by atoms with E-state index in [0.29, 0.717) is 0 Å². The largest absolute Gasteiger partial charge is 1.00 e. The second-order valence-electron chi connectivity index (χ2n) is 16.9. The molecule has 9 heteroatoms. The zero-order valence-corrected chi connectivity index (χ0v) is 38.3. The van der Waals surface area contributed by atoms with Gasteiger partial charge in [0.1, 0.15) is 12.4 Å². The van der Waals surface area contributed by atoms with Gasteiger partial charge in [-0.25, -0.2) is 9.13 Å². The first kappa shape index (κ1) is 50.1. The first-order valence-electron chi connectivity index (χ1n) is 24.1. The third kappa shape index (κ3) is 26.8. The molecule has 0 aliphatic rings. The van der Waals surface area contributed by atoms with Crippen molar-refractivity contribution in [2.75, 3.05) is 0 Å². The Morgan fingerprint density at radius 2 is 0.768 bits per heavy atom. The van der Waals surface area contributed by atoms with Crippen LogP contribution < -0.4 is 21.5 Å². The lowest BCUT2D eigenvalue weighted by Gasteiger charge is -2.04. The number of unbranched alkanes of at least 4 members (excludes halogenated alkanes) is 30. The van der Waals surface area contributed by atoms with E-state index < -0.39 is 0 Å². The number of nitrogens with zero attached hydrogens (tertiary/aromatic N) is 8. The van der Waals surface area contributed by atoms with E-state index in [1.165, 1.54) is 205 Å². The first-order chi connectivity index (χ1) is 27.3. The molecule has 0 N–H and O–H groups in total. The number of rotatable bonds is 40. The van der Waals surface area contributed by atoms with Crippen LogP contribution in [0.2, 0.25) is 0 Å². The van der Waals surface area contributed by atoms with Crippen LogP contribution in [-0.4, -0.2) is 34.6 Å². The molecule has 3 aromatic rings. The molecule has 322 valence electrons. The normalized spacial score (nSPS) is 11.5. The van der Waals surface area contributed by atoms with E-state index >= 15 is 0 Å². The van der Waals surface area contributed by atoms with E-state index in [-0.39, 0.29) is 17.0 Å². The Labute approximate surface area is 355 Å². The monoisotopic (exact) mass is 843 g/mol. The van der Waals surface area contributed by atoms with Crippen LogP contribution in [0.15, 0.2) is 31.1 Å². The van der Waals surface area contributed by atoms with Crippen molar-refractivity contribution in [3.8, 4) is 0 Å². The lowest BCUT2D eigenvalue weighted by atomic mass is 10.0. The van der Waals surface area contributed by atoms with Gasteiger partial charge in [-0.2, -0.15) is 0 Å². The standard InChI is InChI=1S/C47H87N8.BrH/c1-3-5-7-9-11-13-15-17-19-21-23-25-27-29-31-33-37-54-43-46(48-50-54)35-39-52-41-42-53(45-52)40-36-47-44-55(51-49-47)38-34-32-30-28-26-24-22-20-18-16-14-12-10-8-6-4-2;/h41-45H,3-40H2,1-2H3;1H/q+1;/p-1. The van der Waals surface area contributed by atoms with Crippen LogP contribution in [0.3, 0.4) is 0 Å². The predicted octanol–water partition coefficient (Wildman–Crippen LogP) is 9.97. The molecule has 0 aromatic carbocycles. The van der Waals surface area contributed by atoms with Crippen LogP contribution in [0.1, 0.15) is 231 Å². The summed E-state index contributed by atoms with van der Waals surface area (Å²) < 4.78 is 8.59. The van der Waals surface area contributed by atoms with Crippen molar-refractivity contribution in [1.29, 1.82) is 0 Å². The molecule has 0 saturated heterocycles. The molecular formula is C47H87BrN8. The van der Waals surface area contributed by atoms with E-state index in [4.69, 9.17) is 0 Å². The number of hydrogen-bond donors (Lipinski definition) is 0. The molecule has 0 bridgehead atoms. The molecule has 0 spiro atoms. The van der Waals surface area contributed by atoms with Crippen molar-refractivity contribution in [1.82, 2.24) is 34.6 Å². The molecular weight excluding hydrogens is 756 g/mol. The molecule has 8 nitrogen and oxygen atoms in total. The number of halogens is 1. The van der Waals surface area contributed by atoms with Gasteiger partial charge in [-0.05, 0) is 12.8 Å². The van der Waals surface area contributed by atoms with E-state index in [1.807, 2.05) is 9.36 Å². The highest BCUT2D eigenvalue weighted by Crippen LogP contribution is 2.16. The van der Waals surface area contributed by atoms with Gasteiger partial charge in [0, 0.05) is 38.3 Å². The average Bonchev–Trinajstić information content (AvgIpc) is 3.98. The highest BCUT2D eigenvalue weighted by molar-refractivity contribution is 4.93. The van der Waals surface area contributed by atoms with Crippen LogP contribution >= 0.6 is 0 Å². The molecule has 0 amide bonds. The highest BCUT2D eigenvalue weighted by atomic mass is 79.9. The van der Waals surface area contributed by atoms with Crippen molar-refractivity contribution in [3.05, 3.63) is 42.5 Å². The van der Waals surface area contributed by atoms with Crippen molar-refractivity contribution in [2.45, 2.75) is 258 Å². The number of hydrogen-bond acceptors (Lipinski definition) is 4. The molecule has 0 aliphatic carbocycles. The second-order valence-corrected chi connectivity index (χ2v) is 16.9. The summed E-state index contributed by atoms with van der Waals surface area (Å²) in [6, 6.07) is 0. The van der Waals surface area contributed by atoms with Crippen LogP contribution in [0.25, 0.3) is 0 Å². The summed E-state index contributed by atoms with van der Waals surface area (Å²) in [7, 11) is 0. The highest BCUT2D eigenvalue weighted by Gasteiger charge is 2.09. The Morgan fingerprint density at radius 1 is 0.429 bits per heavy atom. The smallest absolute Gasteiger partial charge is 0.243 e. The zero-order chi connectivity index (χ0) is 38.7. The Balaban J connectivity index is 0.0000108. The Morgan fingerprint density at radius 3 is 1.14 bits per heavy atom. The van der Waals surface area contributed by atoms with Gasteiger partial charge in [-0.1, -0.05) is 217 Å². The summed E-state index contributed by atoms with van der Waals surface area (Å²) >= 11 is 0. The first-order valence-corrected chi connectivity index (χ1v) is 24.1. The van der Waals surface area contributed by atoms with Gasteiger partial charge >= 0.3 is 0 Å². The molecule has 56 heavy (non-hydrogen) atoms. The van der Waals surface area contributed by atoms with Crippen molar-refractivity contribution >= 4 is 0 Å². The maximum Gasteiger partial charge on any atom is 0.243 e. The minimum atomic E-state index is 0. The van der Waals surface area contributed by atoms with E-state index in [1.54, 1.807) is 0 Å². The zero-order valence-electron chi connectivity index (χ0n) is 36.7. The maximum atomic E-state index is 4.45. The number of aromatic nitrogens is 8. The summed E-state index contributed by atoms with van der Waals surface area (Å²) in [5.41, 5.74) is 2.16. The quantitative estimate of drug-likeness (QED) is 0.0423. The van der Waals surface area contributed by atoms with Crippen LogP contribution in [-0.2, 0) is 39.0 Å². The summed E-state index contributed by atoms with van der Waals surface area (Å²) in [6.07, 6.45) is 57.5. The van der Waals surface area contributed by atoms with E-state index in [9.17, 15) is 0 Å². The Kier molecular flexibility index (Phi) is 32.3. The van der Waals surface area contributed by atoms with Crippen LogP contribution in [0.4, 0.5) is 0 Å². The van der Waals surface area contributed by atoms with E-state index in [0.717, 1.165) is 50.4 Å². The minimum absolute atomic E-state index is 0. The lowest BCUT2D eigenvalue weighted by Crippen LogP contribution is -3.00. The third-order valence-electron chi connectivity index (χ3n) is 11.7. The van der Waals surface area contributed by atoms with Gasteiger partial charge in [0.15, 0.2) is 0 Å². The molecule has 3 rings (SSSR count). The summed E-state index contributed by atoms with van der Waals surface area (Å²) in [5.74, 6) is 0. The summed E-state index contributed by atoms with van der Waals surface area (Å²) in [4.78, 5) is 0. The maximum absolute atomic E-state index is 4.45. The third-order valence-corrected chi connectivity index (χ3v) is 11.7. The topological polar surface area (TPSA) is 70.2 Å². The van der Waals surface area contributed by atoms with Gasteiger partial charge < -0.3 is 17.0 Å². The molecule has 0 saturated carbocycles. The second kappa shape index (κ2) is 36.1. The molecule has 0 radical (unpaired) electrons. The molecule has 3 heterocycles. The number of imidazole rings is 1. The average molecular weight is 844 g/mol. The Hall–Kier alpha value is -2.03. The van der Waals surface area contributed by atoms with Gasteiger partial charge in [0.25, 0.3) is 0 Å². The van der Waals surface area contributed by atoms with Crippen LogP contribution in [0.5, 0.6) is 0 Å². The van der Waals surface area contributed by atoms with Gasteiger partial charge in [-0.15, -0.1) is 10.2 Å². The van der Waals surface area contributed by atoms with E-state index in [2.05, 4.69) is 74.7 Å². The fourth-order valence-electron chi connectivity index (χ4n) is 7.96. The van der Waals surface area contributed by atoms with Crippen LogP contribution in [0, 0.1) is 0 Å². The van der Waals surface area contributed by atoms with Gasteiger partial charge in [0.2, 0.25) is 6.33 Å². The molecule has 0 unspecified atom stereocenters. The predicted molar refractivity (Wildman–Crippen MR) is 231 cm³/mol. The lowest BCUT2D eigenvalue weighted by molar-refractivity contribution is -0.696. The van der Waals surface area contributed by atoms with Crippen molar-refractivity contribution in [2.24, 2.45) is 0 Å². The van der Waals surface area contributed by atoms with Gasteiger partial charge in [-0.3, -0.25) is 9.36 Å². The van der Waals surface area contributed by atoms with Crippen molar-refractivity contribution in [3.63, 3.8) is 0 Å². The van der Waals surface area contributed by atoms with Crippen molar-refractivity contribution < 1.29 is 21.5 Å². The fraction of sp³-hybridized carbons (Fsp3) is 0.851. The Bertz CT molecular complexity index is 1160. The summed E-state index contributed by atoms with van der Waals surface area (Å²) in [5, 5.41) is 17.7. The molecule has 0 atom stereocenters. The SMILES string of the molecule is CCCCCCCCCCCCCCCCCCn1cc(CCn2cc[n+](CCc3cn(CCCCCCCCCCCCCCCCCC)nn3)c2)nn1.[Br-]. The minimum Gasteiger partial charge on any atom is -1.00 e. The fourth-order valence-corrected chi connectivity index (χ4v) is 7.96. The van der Waals surface area contributed by atoms with Gasteiger partial charge in [0.05, 0.1) is 24.5 Å². The number of aryl methyl sites for hydroxylation is 6. The molecule has 3 aromatic heterocycles. The summed E-state index contributed by atoms with van der Waals surface area (Å²) in [6.45, 7) is 8.40. The molecule has 0 aliphatic heterocycles. The molecule has 0 fully saturated rings.